The van der Waals surface area contributed by atoms with Crippen molar-refractivity contribution in [3.05, 3.63) is 52.1 Å². The number of hydrogen-bond acceptors (Lipinski definition) is 2. The largest absolute Gasteiger partial charge is 0.256 e. The van der Waals surface area contributed by atoms with E-state index < -0.39 is 0 Å². The maximum atomic E-state index is 8.78. The summed E-state index contributed by atoms with van der Waals surface area (Å²) in [6, 6.07) is 10.7. The zero-order valence-electron chi connectivity index (χ0n) is 10.1. The van der Waals surface area contributed by atoms with Crippen molar-refractivity contribution in [3.8, 4) is 17.3 Å². The smallest absolute Gasteiger partial charge is 0.0992 e. The molecule has 1 heterocycles. The van der Waals surface area contributed by atoms with Crippen LogP contribution in [0.15, 0.2) is 36.5 Å². The average molecular weight is 279 g/mol. The van der Waals surface area contributed by atoms with Crippen LogP contribution in [0.2, 0.25) is 10.0 Å². The molecule has 1 aromatic carbocycles. The molecular weight excluding hydrogens is 267 g/mol. The maximum absolute atomic E-state index is 8.78. The molecule has 0 unspecified atom stereocenters. The summed E-state index contributed by atoms with van der Waals surface area (Å²) in [6.45, 7) is 4.00. The van der Waals surface area contributed by atoms with E-state index in [9.17, 15) is 0 Å². The lowest BCUT2D eigenvalue weighted by atomic mass is 10.1. The van der Waals surface area contributed by atoms with Crippen molar-refractivity contribution in [2.24, 2.45) is 0 Å². The summed E-state index contributed by atoms with van der Waals surface area (Å²) in [6.07, 6.45) is 1.59. The van der Waals surface area contributed by atoms with Gasteiger partial charge in [0.15, 0.2) is 0 Å². The van der Waals surface area contributed by atoms with Gasteiger partial charge in [-0.05, 0) is 24.3 Å². The number of hydrogen-bond donors (Lipinski definition) is 0. The van der Waals surface area contributed by atoms with Crippen LogP contribution in [0.25, 0.3) is 11.3 Å². The van der Waals surface area contributed by atoms with E-state index in [1.165, 1.54) is 0 Å². The van der Waals surface area contributed by atoms with Crippen LogP contribution in [0, 0.1) is 11.3 Å². The molecule has 92 valence electrons. The zero-order valence-corrected chi connectivity index (χ0v) is 11.6. The Kier molecular flexibility index (Phi) is 5.64. The number of nitrogens with zero attached hydrogens (tertiary/aromatic N) is 2. The van der Waals surface area contributed by atoms with Gasteiger partial charge in [-0.2, -0.15) is 5.26 Å². The maximum Gasteiger partial charge on any atom is 0.0992 e. The predicted octanol–water partition coefficient (Wildman–Crippen LogP) is 4.95. The van der Waals surface area contributed by atoms with E-state index in [1.807, 2.05) is 19.9 Å². The van der Waals surface area contributed by atoms with Crippen LogP contribution in [0.4, 0.5) is 0 Å². The molecule has 4 heteroatoms. The first-order chi connectivity index (χ1) is 8.70. The number of benzene rings is 1. The normalized spacial score (nSPS) is 9.06. The van der Waals surface area contributed by atoms with Crippen LogP contribution in [0.3, 0.4) is 0 Å². The van der Waals surface area contributed by atoms with Crippen molar-refractivity contribution in [2.45, 2.75) is 13.8 Å². The Bertz CT molecular complexity index is 574. The van der Waals surface area contributed by atoms with Gasteiger partial charge in [-0.15, -0.1) is 0 Å². The Labute approximate surface area is 117 Å². The van der Waals surface area contributed by atoms with Crippen molar-refractivity contribution < 1.29 is 0 Å². The Balaban J connectivity index is 0.000000771. The molecule has 0 bridgehead atoms. The third-order valence-electron chi connectivity index (χ3n) is 2.10. The fourth-order valence-electron chi connectivity index (χ4n) is 1.31. The highest BCUT2D eigenvalue weighted by Gasteiger charge is 2.03. The second-order valence-electron chi connectivity index (χ2n) is 3.17. The third-order valence-corrected chi connectivity index (χ3v) is 2.84. The summed E-state index contributed by atoms with van der Waals surface area (Å²) < 4.78 is 0. The molecule has 0 spiro atoms. The van der Waals surface area contributed by atoms with E-state index in [-0.39, 0.29) is 0 Å². The molecule has 2 rings (SSSR count). The van der Waals surface area contributed by atoms with Crippen LogP contribution in [-0.2, 0) is 0 Å². The first kappa shape index (κ1) is 14.5. The molecule has 0 N–H and O–H groups in total. The topological polar surface area (TPSA) is 36.7 Å². The second-order valence-corrected chi connectivity index (χ2v) is 3.98. The van der Waals surface area contributed by atoms with E-state index in [2.05, 4.69) is 11.1 Å². The lowest BCUT2D eigenvalue weighted by Crippen LogP contribution is -1.85. The highest BCUT2D eigenvalue weighted by molar-refractivity contribution is 6.42. The fourth-order valence-corrected chi connectivity index (χ4v) is 1.61. The average Bonchev–Trinajstić information content (AvgIpc) is 2.44. The Morgan fingerprint density at radius 1 is 1.06 bits per heavy atom. The van der Waals surface area contributed by atoms with Crippen molar-refractivity contribution in [1.29, 1.82) is 5.26 Å². The Morgan fingerprint density at radius 3 is 2.39 bits per heavy atom. The highest BCUT2D eigenvalue weighted by atomic mass is 35.5. The number of nitriles is 1. The summed E-state index contributed by atoms with van der Waals surface area (Å²) in [4.78, 5) is 4.18. The summed E-state index contributed by atoms with van der Waals surface area (Å²) in [7, 11) is 0. The minimum absolute atomic E-state index is 0.475. The molecule has 0 aliphatic carbocycles. The standard InChI is InChI=1S/C12H6Cl2N2.C2H6/c13-10-2-1-9(6-11(10)14)12-5-8(7-15)3-4-16-12;1-2/h1-6H;1-2H3. The summed E-state index contributed by atoms with van der Waals surface area (Å²) >= 11 is 11.7. The van der Waals surface area contributed by atoms with Crippen molar-refractivity contribution in [2.75, 3.05) is 0 Å². The van der Waals surface area contributed by atoms with Gasteiger partial charge in [-0.1, -0.05) is 43.1 Å². The van der Waals surface area contributed by atoms with Crippen LogP contribution in [-0.4, -0.2) is 4.98 Å². The first-order valence-electron chi connectivity index (χ1n) is 5.52. The van der Waals surface area contributed by atoms with E-state index in [0.29, 0.717) is 21.3 Å². The van der Waals surface area contributed by atoms with Crippen LogP contribution >= 0.6 is 23.2 Å². The Hall–Kier alpha value is -1.56. The van der Waals surface area contributed by atoms with E-state index in [0.717, 1.165) is 5.56 Å². The van der Waals surface area contributed by atoms with Crippen LogP contribution in [0.5, 0.6) is 0 Å². The highest BCUT2D eigenvalue weighted by Crippen LogP contribution is 2.27. The zero-order chi connectivity index (χ0) is 13.5. The van der Waals surface area contributed by atoms with E-state index >= 15 is 0 Å². The number of rotatable bonds is 1. The Morgan fingerprint density at radius 2 is 1.78 bits per heavy atom. The number of pyridine rings is 1. The van der Waals surface area contributed by atoms with E-state index in [1.54, 1.807) is 30.5 Å². The summed E-state index contributed by atoms with van der Waals surface area (Å²) in [5.74, 6) is 0. The van der Waals surface area contributed by atoms with Gasteiger partial charge in [0.25, 0.3) is 0 Å². The van der Waals surface area contributed by atoms with Gasteiger partial charge in [0.2, 0.25) is 0 Å². The molecule has 0 saturated carbocycles. The minimum atomic E-state index is 0.475. The van der Waals surface area contributed by atoms with Crippen LogP contribution in [0.1, 0.15) is 19.4 Å². The quantitative estimate of drug-likeness (QED) is 0.740. The van der Waals surface area contributed by atoms with E-state index in [4.69, 9.17) is 28.5 Å². The second kappa shape index (κ2) is 7.00. The first-order valence-corrected chi connectivity index (χ1v) is 6.28. The van der Waals surface area contributed by atoms with Crippen molar-refractivity contribution in [1.82, 2.24) is 4.98 Å². The molecular formula is C14H12Cl2N2. The van der Waals surface area contributed by atoms with Gasteiger partial charge in [0, 0.05) is 11.8 Å². The summed E-state index contributed by atoms with van der Waals surface area (Å²) in [5, 5.41) is 9.76. The van der Waals surface area contributed by atoms with Gasteiger partial charge >= 0.3 is 0 Å². The predicted molar refractivity (Wildman–Crippen MR) is 75.8 cm³/mol. The molecule has 2 nitrogen and oxygen atoms in total. The summed E-state index contributed by atoms with van der Waals surface area (Å²) in [5.41, 5.74) is 2.11. The molecule has 0 atom stereocenters. The van der Waals surface area contributed by atoms with Gasteiger partial charge in [0.05, 0.1) is 27.4 Å². The lowest BCUT2D eigenvalue weighted by molar-refractivity contribution is 1.31. The van der Waals surface area contributed by atoms with Crippen molar-refractivity contribution >= 4 is 23.2 Å². The van der Waals surface area contributed by atoms with Gasteiger partial charge in [-0.25, -0.2) is 0 Å². The monoisotopic (exact) mass is 278 g/mol. The minimum Gasteiger partial charge on any atom is -0.256 e. The molecule has 0 fully saturated rings. The molecule has 2 aromatic rings. The molecule has 0 saturated heterocycles. The van der Waals surface area contributed by atoms with Gasteiger partial charge in [0.1, 0.15) is 0 Å². The lowest BCUT2D eigenvalue weighted by Gasteiger charge is -2.02. The fraction of sp³-hybridized carbons (Fsp3) is 0.143. The number of halogens is 2. The molecule has 0 aliphatic heterocycles. The molecule has 0 aliphatic rings. The van der Waals surface area contributed by atoms with Gasteiger partial charge < -0.3 is 0 Å². The third kappa shape index (κ3) is 3.46. The molecule has 0 radical (unpaired) electrons. The molecule has 18 heavy (non-hydrogen) atoms. The van der Waals surface area contributed by atoms with Crippen LogP contribution < -0.4 is 0 Å². The van der Waals surface area contributed by atoms with Crippen molar-refractivity contribution in [3.63, 3.8) is 0 Å². The molecule has 1 aromatic heterocycles. The molecule has 0 amide bonds. The van der Waals surface area contributed by atoms with Gasteiger partial charge in [-0.3, -0.25) is 4.98 Å². The SMILES string of the molecule is CC.N#Cc1ccnc(-c2ccc(Cl)c(Cl)c2)c1. The number of aromatic nitrogens is 1.